The number of hydrogen-bond acceptors (Lipinski definition) is 4. The lowest BCUT2D eigenvalue weighted by Crippen LogP contribution is -2.19. The fourth-order valence-corrected chi connectivity index (χ4v) is 6.31. The van der Waals surface area contributed by atoms with Gasteiger partial charge in [0.25, 0.3) is 5.91 Å². The van der Waals surface area contributed by atoms with Crippen molar-refractivity contribution in [2.75, 3.05) is 0 Å². The Morgan fingerprint density at radius 3 is 2.31 bits per heavy atom. The Hall–Kier alpha value is -1.29. The molecule has 3 aromatic carbocycles. The number of amides is 1. The maximum Gasteiger partial charge on any atom is 0.264 e. The number of halogens is 5. The number of thioether (sulfide) groups is 1. The van der Waals surface area contributed by atoms with Crippen LogP contribution in [0.15, 0.2) is 65.8 Å². The molecule has 4 rings (SSSR count). The summed E-state index contributed by atoms with van der Waals surface area (Å²) in [6, 6.07) is 13.0. The minimum atomic E-state index is -0.191. The van der Waals surface area contributed by atoms with Crippen molar-refractivity contribution in [1.82, 2.24) is 5.32 Å². The highest BCUT2D eigenvalue weighted by atomic mass is 79.9. The third-order valence-corrected chi connectivity index (χ3v) is 8.93. The van der Waals surface area contributed by atoms with Crippen molar-refractivity contribution in [3.63, 3.8) is 0 Å². The quantitative estimate of drug-likeness (QED) is 0.268. The van der Waals surface area contributed by atoms with Crippen LogP contribution < -0.4 is 10.1 Å². The molecule has 35 heavy (non-hydrogen) atoms. The fourth-order valence-electron chi connectivity index (χ4n) is 3.33. The van der Waals surface area contributed by atoms with Crippen LogP contribution in [0.3, 0.4) is 0 Å². The van der Waals surface area contributed by atoms with Gasteiger partial charge in [-0.05, 0) is 117 Å². The maximum atomic E-state index is 12.6. The zero-order chi connectivity index (χ0) is 25.3. The van der Waals surface area contributed by atoms with Crippen LogP contribution in [0, 0.1) is 13.8 Å². The van der Waals surface area contributed by atoms with Crippen LogP contribution in [0.25, 0.3) is 6.08 Å². The van der Waals surface area contributed by atoms with Gasteiger partial charge in [-0.2, -0.15) is 0 Å². The molecule has 10 heteroatoms. The van der Waals surface area contributed by atoms with E-state index in [1.54, 1.807) is 12.1 Å². The molecule has 4 nitrogen and oxygen atoms in total. The first-order valence-electron chi connectivity index (χ1n) is 10.2. The van der Waals surface area contributed by atoms with Crippen molar-refractivity contribution in [2.45, 2.75) is 20.5 Å². The van der Waals surface area contributed by atoms with Crippen LogP contribution >= 0.6 is 82.8 Å². The smallest absolute Gasteiger partial charge is 0.264 e. The van der Waals surface area contributed by atoms with Crippen LogP contribution in [-0.2, 0) is 11.4 Å². The minimum absolute atomic E-state index is 0.191. The number of hydrogen-bond donors (Lipinski definition) is 1. The van der Waals surface area contributed by atoms with Crippen molar-refractivity contribution < 1.29 is 9.53 Å². The molecule has 180 valence electrons. The molecule has 1 aliphatic rings. The molecule has 1 N–H and O–H groups in total. The molecule has 0 aliphatic carbocycles. The Balaban J connectivity index is 1.52. The number of amidine groups is 1. The van der Waals surface area contributed by atoms with Crippen molar-refractivity contribution in [3.05, 3.63) is 93.1 Å². The zero-order valence-corrected chi connectivity index (χ0v) is 25.5. The Kier molecular flexibility index (Phi) is 8.72. The first kappa shape index (κ1) is 26.8. The molecule has 0 bridgehead atoms. The summed E-state index contributed by atoms with van der Waals surface area (Å²) >= 11 is 24.2. The normalized spacial score (nSPS) is 15.7. The number of ether oxygens (including phenoxy) is 1. The van der Waals surface area contributed by atoms with E-state index in [9.17, 15) is 4.79 Å². The number of carbonyl (C=O) groups is 1. The molecule has 0 unspecified atom stereocenters. The molecule has 0 atom stereocenters. The fraction of sp³-hybridized carbons (Fsp3) is 0.120. The monoisotopic (exact) mass is 716 g/mol. The van der Waals surface area contributed by atoms with E-state index in [4.69, 9.17) is 27.9 Å². The lowest BCUT2D eigenvalue weighted by molar-refractivity contribution is -0.115. The second-order valence-electron chi connectivity index (χ2n) is 7.71. The van der Waals surface area contributed by atoms with Gasteiger partial charge in [0.2, 0.25) is 0 Å². The van der Waals surface area contributed by atoms with E-state index in [1.807, 2.05) is 50.3 Å². The van der Waals surface area contributed by atoms with E-state index in [0.29, 0.717) is 25.9 Å². The second kappa shape index (κ2) is 11.4. The molecule has 1 fully saturated rings. The topological polar surface area (TPSA) is 50.7 Å². The first-order valence-corrected chi connectivity index (χ1v) is 14.2. The van der Waals surface area contributed by atoms with Crippen molar-refractivity contribution >= 4 is 106 Å². The molecule has 0 spiro atoms. The molecule has 1 aliphatic heterocycles. The lowest BCUT2D eigenvalue weighted by Gasteiger charge is -2.12. The Morgan fingerprint density at radius 2 is 1.69 bits per heavy atom. The summed E-state index contributed by atoms with van der Waals surface area (Å²) in [5.74, 6) is 0.439. The van der Waals surface area contributed by atoms with Gasteiger partial charge in [-0.15, -0.1) is 0 Å². The van der Waals surface area contributed by atoms with Crippen molar-refractivity contribution in [3.8, 4) is 5.75 Å². The largest absolute Gasteiger partial charge is 0.486 e. The Labute approximate surface area is 242 Å². The molecule has 1 heterocycles. The number of nitrogens with zero attached hydrogens (tertiary/aromatic N) is 1. The zero-order valence-electron chi connectivity index (χ0n) is 18.4. The van der Waals surface area contributed by atoms with Gasteiger partial charge in [-0.1, -0.05) is 45.2 Å². The van der Waals surface area contributed by atoms with E-state index in [2.05, 4.69) is 58.1 Å². The van der Waals surface area contributed by atoms with Crippen LogP contribution in [0.5, 0.6) is 5.75 Å². The van der Waals surface area contributed by atoms with E-state index in [1.165, 1.54) is 11.8 Å². The van der Waals surface area contributed by atoms with Gasteiger partial charge in [0, 0.05) is 20.1 Å². The number of aryl methyl sites for hydroxylation is 2. The molecule has 3 aromatic rings. The molecular weight excluding hydrogens is 703 g/mol. The summed E-state index contributed by atoms with van der Waals surface area (Å²) in [4.78, 5) is 17.7. The number of rotatable bonds is 5. The van der Waals surface area contributed by atoms with Gasteiger partial charge in [0.15, 0.2) is 5.17 Å². The molecular formula is C25H17Br3Cl2N2O2S. The van der Waals surface area contributed by atoms with E-state index in [0.717, 1.165) is 41.4 Å². The molecule has 0 radical (unpaired) electrons. The average molecular weight is 720 g/mol. The minimum Gasteiger partial charge on any atom is -0.486 e. The average Bonchev–Trinajstić information content (AvgIpc) is 3.11. The number of nitrogens with one attached hydrogen (secondary N) is 1. The van der Waals surface area contributed by atoms with Gasteiger partial charge < -0.3 is 10.1 Å². The van der Waals surface area contributed by atoms with Gasteiger partial charge in [-0.3, -0.25) is 4.79 Å². The van der Waals surface area contributed by atoms with Crippen molar-refractivity contribution in [2.24, 2.45) is 4.99 Å². The maximum absolute atomic E-state index is 12.6. The van der Waals surface area contributed by atoms with E-state index < -0.39 is 0 Å². The first-order chi connectivity index (χ1) is 16.6. The van der Waals surface area contributed by atoms with Crippen LogP contribution in [0.1, 0.15) is 22.3 Å². The van der Waals surface area contributed by atoms with Crippen LogP contribution in [0.4, 0.5) is 5.69 Å². The standard InChI is InChI=1S/C25H17Br3Cl2N2O2S/c1-12-5-17(6-13(2)22(12)28)31-25-32-24(33)21(35-25)9-14-7-18(26)23(19(27)8-14)34-11-15-3-4-16(29)10-20(15)30/h3-10H,11H2,1-2H3,(H,31,32,33)/b21-9-. The number of aliphatic imine (C=N–C) groups is 1. The molecule has 1 amide bonds. The van der Waals surface area contributed by atoms with Crippen molar-refractivity contribution in [1.29, 1.82) is 0 Å². The summed E-state index contributed by atoms with van der Waals surface area (Å²) in [7, 11) is 0. The van der Waals surface area contributed by atoms with E-state index in [-0.39, 0.29) is 12.5 Å². The molecule has 0 aromatic heterocycles. The second-order valence-corrected chi connectivity index (χ2v) is 12.1. The third-order valence-electron chi connectivity index (χ3n) is 5.01. The highest BCUT2D eigenvalue weighted by Gasteiger charge is 2.24. The predicted octanol–water partition coefficient (Wildman–Crippen LogP) is 9.37. The van der Waals surface area contributed by atoms with Gasteiger partial charge in [0.05, 0.1) is 19.5 Å². The summed E-state index contributed by atoms with van der Waals surface area (Å²) < 4.78 is 8.52. The summed E-state index contributed by atoms with van der Waals surface area (Å²) in [6.07, 6.45) is 1.82. The Bertz CT molecular complexity index is 1360. The van der Waals surface area contributed by atoms with Gasteiger partial charge in [0.1, 0.15) is 12.4 Å². The SMILES string of the molecule is Cc1cc(N=C2NC(=O)/C(=C/c3cc(Br)c(OCc4ccc(Cl)cc4Cl)c(Br)c3)S2)cc(C)c1Br. The number of carbonyl (C=O) groups excluding carboxylic acids is 1. The molecule has 1 saturated heterocycles. The summed E-state index contributed by atoms with van der Waals surface area (Å²) in [5.41, 5.74) is 4.62. The number of benzene rings is 3. The van der Waals surface area contributed by atoms with Gasteiger partial charge in [-0.25, -0.2) is 4.99 Å². The summed E-state index contributed by atoms with van der Waals surface area (Å²) in [5, 5.41) is 4.50. The van der Waals surface area contributed by atoms with Crippen LogP contribution in [0.2, 0.25) is 10.0 Å². The highest BCUT2D eigenvalue weighted by Crippen LogP contribution is 2.38. The molecule has 0 saturated carbocycles. The Morgan fingerprint density at radius 1 is 1.03 bits per heavy atom. The van der Waals surface area contributed by atoms with E-state index >= 15 is 0 Å². The summed E-state index contributed by atoms with van der Waals surface area (Å²) in [6.45, 7) is 4.31. The van der Waals surface area contributed by atoms with Gasteiger partial charge >= 0.3 is 0 Å². The lowest BCUT2D eigenvalue weighted by atomic mass is 10.1. The highest BCUT2D eigenvalue weighted by molar-refractivity contribution is 9.11. The van der Waals surface area contributed by atoms with Crippen LogP contribution in [-0.4, -0.2) is 11.1 Å². The third kappa shape index (κ3) is 6.53. The predicted molar refractivity (Wildman–Crippen MR) is 157 cm³/mol.